The van der Waals surface area contributed by atoms with Crippen LogP contribution in [0.2, 0.25) is 0 Å². The molecule has 0 saturated carbocycles. The third-order valence-electron chi connectivity index (χ3n) is 5.74. The molecular formula is C25H25N7OS. The second kappa shape index (κ2) is 9.28. The Labute approximate surface area is 202 Å². The molecule has 8 nitrogen and oxygen atoms in total. The molecule has 1 amide bonds. The number of aryl methyl sites for hydroxylation is 1. The quantitative estimate of drug-likeness (QED) is 0.402. The topological polar surface area (TPSA) is 87.5 Å². The molecule has 34 heavy (non-hydrogen) atoms. The standard InChI is InChI=1S/C25H25N7OS/c1-4-23(33)27-19-6-5-7-20(14-19)34-24-22-8-10-26-32(22)30-25(29-24)28-21-13-17-9-11-31(3)15-18(17)12-16(21)2/h4-8,10,12-14H,1,9,11,15H2,2-3H3,(H,27,33)(H,28,30). The average molecular weight is 472 g/mol. The first-order valence-electron chi connectivity index (χ1n) is 11.0. The predicted octanol–water partition coefficient (Wildman–Crippen LogP) is 4.44. The van der Waals surface area contributed by atoms with E-state index in [1.54, 1.807) is 10.8 Å². The van der Waals surface area contributed by atoms with Gasteiger partial charge in [0.25, 0.3) is 0 Å². The number of carbonyl (C=O) groups is 1. The van der Waals surface area contributed by atoms with E-state index in [2.05, 4.69) is 58.4 Å². The fourth-order valence-electron chi connectivity index (χ4n) is 4.00. The number of nitrogens with zero attached hydrogens (tertiary/aromatic N) is 5. The molecule has 0 aliphatic carbocycles. The highest BCUT2D eigenvalue weighted by Crippen LogP contribution is 2.32. The SMILES string of the molecule is C=CC(=O)Nc1cccc(Sc2nc(Nc3cc4c(cc3C)CN(C)CC4)nn3nccc23)c1. The third kappa shape index (κ3) is 4.66. The van der Waals surface area contributed by atoms with Crippen LogP contribution in [-0.2, 0) is 17.8 Å². The molecule has 0 fully saturated rings. The van der Waals surface area contributed by atoms with E-state index < -0.39 is 0 Å². The molecule has 2 aromatic carbocycles. The van der Waals surface area contributed by atoms with Crippen LogP contribution in [0.15, 0.2) is 71.2 Å². The van der Waals surface area contributed by atoms with Gasteiger partial charge in [0.15, 0.2) is 0 Å². The van der Waals surface area contributed by atoms with Crippen LogP contribution in [0.4, 0.5) is 17.3 Å². The smallest absolute Gasteiger partial charge is 0.248 e. The van der Waals surface area contributed by atoms with Gasteiger partial charge in [-0.2, -0.15) is 5.10 Å². The second-order valence-electron chi connectivity index (χ2n) is 8.32. The Hall–Kier alpha value is -3.69. The van der Waals surface area contributed by atoms with Crippen LogP contribution in [-0.4, -0.2) is 44.2 Å². The van der Waals surface area contributed by atoms with Gasteiger partial charge in [-0.25, -0.2) is 4.98 Å². The summed E-state index contributed by atoms with van der Waals surface area (Å²) in [6.45, 7) is 7.62. The monoisotopic (exact) mass is 471 g/mol. The molecule has 172 valence electrons. The van der Waals surface area contributed by atoms with Crippen molar-refractivity contribution in [2.24, 2.45) is 0 Å². The van der Waals surface area contributed by atoms with Crippen molar-refractivity contribution in [3.63, 3.8) is 0 Å². The Balaban J connectivity index is 1.45. The number of hydrogen-bond donors (Lipinski definition) is 2. The minimum Gasteiger partial charge on any atom is -0.323 e. The number of hydrogen-bond acceptors (Lipinski definition) is 7. The number of fused-ring (bicyclic) bond motifs is 2. The largest absolute Gasteiger partial charge is 0.323 e. The summed E-state index contributed by atoms with van der Waals surface area (Å²) in [6, 6.07) is 14.0. The highest BCUT2D eigenvalue weighted by molar-refractivity contribution is 7.99. The maximum Gasteiger partial charge on any atom is 0.248 e. The Morgan fingerprint density at radius 2 is 2.09 bits per heavy atom. The summed E-state index contributed by atoms with van der Waals surface area (Å²) < 4.78 is 1.59. The Kier molecular flexibility index (Phi) is 6.04. The summed E-state index contributed by atoms with van der Waals surface area (Å²) in [5.41, 5.74) is 6.39. The normalized spacial score (nSPS) is 13.5. The van der Waals surface area contributed by atoms with Gasteiger partial charge in [0.2, 0.25) is 11.9 Å². The van der Waals surface area contributed by atoms with Crippen molar-refractivity contribution in [1.29, 1.82) is 0 Å². The minimum atomic E-state index is -0.249. The maximum atomic E-state index is 11.7. The molecule has 3 heterocycles. The molecule has 1 aliphatic heterocycles. The molecule has 9 heteroatoms. The zero-order valence-electron chi connectivity index (χ0n) is 19.1. The van der Waals surface area contributed by atoms with E-state index in [0.29, 0.717) is 11.6 Å². The van der Waals surface area contributed by atoms with Gasteiger partial charge >= 0.3 is 0 Å². The lowest BCUT2D eigenvalue weighted by molar-refractivity contribution is -0.111. The lowest BCUT2D eigenvalue weighted by atomic mass is 9.96. The molecule has 5 rings (SSSR count). The number of carbonyl (C=O) groups excluding carboxylic acids is 1. The van der Waals surface area contributed by atoms with E-state index in [9.17, 15) is 4.79 Å². The molecule has 1 aliphatic rings. The van der Waals surface area contributed by atoms with E-state index in [1.165, 1.54) is 29.0 Å². The molecule has 0 spiro atoms. The fourth-order valence-corrected chi connectivity index (χ4v) is 4.94. The van der Waals surface area contributed by atoms with Crippen LogP contribution >= 0.6 is 11.8 Å². The number of aromatic nitrogens is 4. The van der Waals surface area contributed by atoms with Crippen molar-refractivity contribution >= 4 is 40.5 Å². The minimum absolute atomic E-state index is 0.249. The Morgan fingerprint density at radius 1 is 1.21 bits per heavy atom. The zero-order valence-corrected chi connectivity index (χ0v) is 19.9. The number of nitrogens with one attached hydrogen (secondary N) is 2. The van der Waals surface area contributed by atoms with Crippen molar-refractivity contribution in [3.8, 4) is 0 Å². The highest BCUT2D eigenvalue weighted by atomic mass is 32.2. The molecule has 0 saturated heterocycles. The van der Waals surface area contributed by atoms with Crippen LogP contribution in [0, 0.1) is 6.92 Å². The Morgan fingerprint density at radius 3 is 2.94 bits per heavy atom. The van der Waals surface area contributed by atoms with Crippen LogP contribution in [0.5, 0.6) is 0 Å². The van der Waals surface area contributed by atoms with Gasteiger partial charge in [-0.15, -0.1) is 9.73 Å². The van der Waals surface area contributed by atoms with Crippen molar-refractivity contribution < 1.29 is 4.79 Å². The van der Waals surface area contributed by atoms with Crippen LogP contribution < -0.4 is 10.6 Å². The van der Waals surface area contributed by atoms with Gasteiger partial charge in [-0.1, -0.05) is 30.5 Å². The highest BCUT2D eigenvalue weighted by Gasteiger charge is 2.17. The average Bonchev–Trinajstić information content (AvgIpc) is 3.29. The summed E-state index contributed by atoms with van der Waals surface area (Å²) in [4.78, 5) is 19.7. The lowest BCUT2D eigenvalue weighted by Crippen LogP contribution is -2.26. The van der Waals surface area contributed by atoms with Crippen molar-refractivity contribution in [2.45, 2.75) is 29.8 Å². The molecule has 0 unspecified atom stereocenters. The number of benzene rings is 2. The molecule has 4 aromatic rings. The van der Waals surface area contributed by atoms with Gasteiger partial charge in [-0.3, -0.25) is 4.79 Å². The van der Waals surface area contributed by atoms with Gasteiger partial charge < -0.3 is 15.5 Å². The number of anilines is 3. The first kappa shape index (κ1) is 22.1. The van der Waals surface area contributed by atoms with Gasteiger partial charge in [0.05, 0.1) is 6.20 Å². The van der Waals surface area contributed by atoms with E-state index in [1.807, 2.05) is 30.3 Å². The van der Waals surface area contributed by atoms with E-state index in [-0.39, 0.29) is 5.91 Å². The van der Waals surface area contributed by atoms with Gasteiger partial charge in [0, 0.05) is 29.4 Å². The van der Waals surface area contributed by atoms with Crippen LogP contribution in [0.25, 0.3) is 5.52 Å². The van der Waals surface area contributed by atoms with Crippen molar-refractivity contribution in [2.75, 3.05) is 24.2 Å². The molecule has 0 radical (unpaired) electrons. The predicted molar refractivity (Wildman–Crippen MR) is 135 cm³/mol. The van der Waals surface area contributed by atoms with E-state index in [0.717, 1.165) is 46.2 Å². The molecule has 0 atom stereocenters. The maximum absolute atomic E-state index is 11.7. The number of amides is 1. The molecule has 2 N–H and O–H groups in total. The van der Waals surface area contributed by atoms with E-state index in [4.69, 9.17) is 4.98 Å². The molecule has 2 aromatic heterocycles. The third-order valence-corrected chi connectivity index (χ3v) is 6.72. The number of likely N-dealkylation sites (N-methyl/N-ethyl adjacent to an activating group) is 1. The first-order chi connectivity index (χ1) is 16.5. The van der Waals surface area contributed by atoms with Crippen LogP contribution in [0.3, 0.4) is 0 Å². The summed E-state index contributed by atoms with van der Waals surface area (Å²) >= 11 is 1.49. The molecule has 0 bridgehead atoms. The molecular weight excluding hydrogens is 446 g/mol. The second-order valence-corrected chi connectivity index (χ2v) is 9.38. The fraction of sp³-hybridized carbons (Fsp3) is 0.200. The van der Waals surface area contributed by atoms with Crippen molar-refractivity contribution in [3.05, 3.63) is 78.0 Å². The summed E-state index contributed by atoms with van der Waals surface area (Å²) in [5, 5.41) is 15.9. The summed E-state index contributed by atoms with van der Waals surface area (Å²) in [5.74, 6) is 0.228. The van der Waals surface area contributed by atoms with E-state index >= 15 is 0 Å². The van der Waals surface area contributed by atoms with Gasteiger partial charge in [-0.05, 0) is 73.5 Å². The van der Waals surface area contributed by atoms with Crippen molar-refractivity contribution in [1.82, 2.24) is 24.7 Å². The zero-order chi connectivity index (χ0) is 23.7. The first-order valence-corrected chi connectivity index (χ1v) is 11.8. The van der Waals surface area contributed by atoms with Crippen LogP contribution in [0.1, 0.15) is 16.7 Å². The van der Waals surface area contributed by atoms with Gasteiger partial charge in [0.1, 0.15) is 10.5 Å². The Bertz CT molecular complexity index is 1400. The summed E-state index contributed by atoms with van der Waals surface area (Å²) in [6.07, 6.45) is 3.98. The summed E-state index contributed by atoms with van der Waals surface area (Å²) in [7, 11) is 2.15. The lowest BCUT2D eigenvalue weighted by Gasteiger charge is -2.26. The number of rotatable bonds is 6.